The molecule has 1 aliphatic heterocycles. The molecule has 0 N–H and O–H groups in total. The summed E-state index contributed by atoms with van der Waals surface area (Å²) in [6.45, 7) is 9.10. The van der Waals surface area contributed by atoms with Gasteiger partial charge in [-0.1, -0.05) is 11.6 Å². The SMILES string of the molecule is Cc1ccnc(Cl)c1C(=O)N1CCN(C(=O)OC(C)(C)C)CC1. The molecule has 23 heavy (non-hydrogen) atoms. The van der Waals surface area contributed by atoms with E-state index in [1.165, 1.54) is 0 Å². The minimum atomic E-state index is -0.523. The van der Waals surface area contributed by atoms with Gasteiger partial charge < -0.3 is 14.5 Å². The molecule has 0 aromatic carbocycles. The van der Waals surface area contributed by atoms with Crippen LogP contribution in [-0.4, -0.2) is 58.6 Å². The molecule has 2 heterocycles. The lowest BCUT2D eigenvalue weighted by Gasteiger charge is -2.35. The highest BCUT2D eigenvalue weighted by atomic mass is 35.5. The molecule has 2 amide bonds. The summed E-state index contributed by atoms with van der Waals surface area (Å²) >= 11 is 6.05. The van der Waals surface area contributed by atoms with Crippen LogP contribution in [0.4, 0.5) is 4.79 Å². The van der Waals surface area contributed by atoms with E-state index in [0.717, 1.165) is 5.56 Å². The summed E-state index contributed by atoms with van der Waals surface area (Å²) in [7, 11) is 0. The van der Waals surface area contributed by atoms with Crippen LogP contribution in [0.1, 0.15) is 36.7 Å². The number of pyridine rings is 1. The summed E-state index contributed by atoms with van der Waals surface area (Å²) < 4.78 is 5.35. The highest BCUT2D eigenvalue weighted by molar-refractivity contribution is 6.32. The molecule has 0 bridgehead atoms. The molecule has 1 fully saturated rings. The van der Waals surface area contributed by atoms with Crippen molar-refractivity contribution in [2.24, 2.45) is 0 Å². The zero-order valence-corrected chi connectivity index (χ0v) is 14.7. The van der Waals surface area contributed by atoms with E-state index in [4.69, 9.17) is 16.3 Å². The lowest BCUT2D eigenvalue weighted by molar-refractivity contribution is 0.0140. The number of hydrogen-bond donors (Lipinski definition) is 0. The normalized spacial score (nSPS) is 15.5. The van der Waals surface area contributed by atoms with E-state index in [0.29, 0.717) is 31.7 Å². The minimum Gasteiger partial charge on any atom is -0.444 e. The first kappa shape index (κ1) is 17.5. The van der Waals surface area contributed by atoms with E-state index in [9.17, 15) is 9.59 Å². The summed E-state index contributed by atoms with van der Waals surface area (Å²) in [4.78, 5) is 31.9. The van der Waals surface area contributed by atoms with E-state index in [-0.39, 0.29) is 17.2 Å². The van der Waals surface area contributed by atoms with Crippen molar-refractivity contribution in [2.45, 2.75) is 33.3 Å². The van der Waals surface area contributed by atoms with Crippen LogP contribution in [0.2, 0.25) is 5.15 Å². The summed E-state index contributed by atoms with van der Waals surface area (Å²) in [6.07, 6.45) is 1.23. The van der Waals surface area contributed by atoms with Gasteiger partial charge in [-0.25, -0.2) is 9.78 Å². The van der Waals surface area contributed by atoms with Gasteiger partial charge in [-0.2, -0.15) is 0 Å². The number of amides is 2. The van der Waals surface area contributed by atoms with Gasteiger partial charge in [-0.3, -0.25) is 4.79 Å². The van der Waals surface area contributed by atoms with E-state index >= 15 is 0 Å². The summed E-state index contributed by atoms with van der Waals surface area (Å²) in [6, 6.07) is 1.76. The Bertz CT molecular complexity index is 585. The molecule has 1 saturated heterocycles. The van der Waals surface area contributed by atoms with Gasteiger partial charge in [0.1, 0.15) is 10.8 Å². The molecule has 1 aromatic rings. The summed E-state index contributed by atoms with van der Waals surface area (Å²) in [5, 5.41) is 0.213. The average Bonchev–Trinajstić information content (AvgIpc) is 2.45. The number of halogens is 1. The van der Waals surface area contributed by atoms with Crippen molar-refractivity contribution in [1.29, 1.82) is 0 Å². The van der Waals surface area contributed by atoms with Crippen LogP contribution in [0.15, 0.2) is 12.3 Å². The van der Waals surface area contributed by atoms with Gasteiger partial charge in [0, 0.05) is 32.4 Å². The lowest BCUT2D eigenvalue weighted by atomic mass is 10.1. The third-order valence-corrected chi connectivity index (χ3v) is 3.83. The van der Waals surface area contributed by atoms with Crippen molar-refractivity contribution in [3.63, 3.8) is 0 Å². The second-order valence-corrected chi connectivity index (χ2v) is 6.91. The van der Waals surface area contributed by atoms with Crippen LogP contribution in [0.5, 0.6) is 0 Å². The van der Waals surface area contributed by atoms with E-state index < -0.39 is 5.60 Å². The number of hydrogen-bond acceptors (Lipinski definition) is 4. The molecule has 2 rings (SSSR count). The first-order chi connectivity index (χ1) is 10.7. The van der Waals surface area contributed by atoms with E-state index in [1.807, 2.05) is 27.7 Å². The molecule has 1 aromatic heterocycles. The van der Waals surface area contributed by atoms with Crippen molar-refractivity contribution < 1.29 is 14.3 Å². The van der Waals surface area contributed by atoms with E-state index in [1.54, 1.807) is 22.1 Å². The van der Waals surface area contributed by atoms with Crippen LogP contribution in [0.3, 0.4) is 0 Å². The maximum atomic E-state index is 12.6. The average molecular weight is 340 g/mol. The predicted molar refractivity (Wildman–Crippen MR) is 87.7 cm³/mol. The number of aromatic nitrogens is 1. The van der Waals surface area contributed by atoms with Crippen LogP contribution in [-0.2, 0) is 4.74 Å². The number of carbonyl (C=O) groups is 2. The number of aryl methyl sites for hydroxylation is 1. The Hall–Kier alpha value is -1.82. The first-order valence-electron chi connectivity index (χ1n) is 7.57. The molecule has 0 radical (unpaired) electrons. The van der Waals surface area contributed by atoms with E-state index in [2.05, 4.69) is 4.98 Å². The van der Waals surface area contributed by atoms with Gasteiger partial charge in [0.05, 0.1) is 5.56 Å². The molecular formula is C16H22ClN3O3. The Morgan fingerprint density at radius 2 is 1.74 bits per heavy atom. The van der Waals surface area contributed by atoms with Crippen molar-refractivity contribution in [3.8, 4) is 0 Å². The third kappa shape index (κ3) is 4.34. The molecule has 6 nitrogen and oxygen atoms in total. The summed E-state index contributed by atoms with van der Waals surface area (Å²) in [5.41, 5.74) is 0.703. The van der Waals surface area contributed by atoms with Crippen LogP contribution < -0.4 is 0 Å². The monoisotopic (exact) mass is 339 g/mol. The molecule has 0 unspecified atom stereocenters. The molecule has 0 atom stereocenters. The van der Waals surface area contributed by atoms with Crippen LogP contribution in [0.25, 0.3) is 0 Å². The topological polar surface area (TPSA) is 62.7 Å². The Balaban J connectivity index is 1.99. The largest absolute Gasteiger partial charge is 0.444 e. The molecule has 1 aliphatic rings. The minimum absolute atomic E-state index is 0.149. The van der Waals surface area contributed by atoms with Crippen LogP contribution in [0, 0.1) is 6.92 Å². The fraction of sp³-hybridized carbons (Fsp3) is 0.562. The fourth-order valence-electron chi connectivity index (χ4n) is 2.36. The standard InChI is InChI=1S/C16H22ClN3O3/c1-11-5-6-18-13(17)12(11)14(21)19-7-9-20(10-8-19)15(22)23-16(2,3)4/h5-6H,7-10H2,1-4H3. The van der Waals surface area contributed by atoms with Gasteiger partial charge >= 0.3 is 6.09 Å². The second-order valence-electron chi connectivity index (χ2n) is 6.55. The number of ether oxygens (including phenoxy) is 1. The van der Waals surface area contributed by atoms with Crippen molar-refractivity contribution in [2.75, 3.05) is 26.2 Å². The quantitative estimate of drug-likeness (QED) is 0.738. The van der Waals surface area contributed by atoms with Crippen molar-refractivity contribution >= 4 is 23.6 Å². The number of piperazine rings is 1. The van der Waals surface area contributed by atoms with Crippen molar-refractivity contribution in [3.05, 3.63) is 28.5 Å². The van der Waals surface area contributed by atoms with Crippen LogP contribution >= 0.6 is 11.6 Å². The molecule has 7 heteroatoms. The van der Waals surface area contributed by atoms with Gasteiger partial charge in [0.25, 0.3) is 5.91 Å². The maximum Gasteiger partial charge on any atom is 0.410 e. The molecular weight excluding hydrogens is 318 g/mol. The maximum absolute atomic E-state index is 12.6. The van der Waals surface area contributed by atoms with Gasteiger partial charge in [0.2, 0.25) is 0 Å². The molecule has 0 spiro atoms. The number of rotatable bonds is 1. The van der Waals surface area contributed by atoms with Crippen molar-refractivity contribution in [1.82, 2.24) is 14.8 Å². The zero-order valence-electron chi connectivity index (χ0n) is 13.9. The predicted octanol–water partition coefficient (Wildman–Crippen LogP) is 2.74. The molecule has 0 saturated carbocycles. The zero-order chi connectivity index (χ0) is 17.2. The van der Waals surface area contributed by atoms with Gasteiger partial charge in [-0.15, -0.1) is 0 Å². The third-order valence-electron chi connectivity index (χ3n) is 3.55. The fourth-order valence-corrected chi connectivity index (χ4v) is 2.64. The Labute approximate surface area is 141 Å². The number of nitrogens with zero attached hydrogens (tertiary/aromatic N) is 3. The van der Waals surface area contributed by atoms with Gasteiger partial charge in [0.15, 0.2) is 0 Å². The Kier molecular flexibility index (Phi) is 5.14. The smallest absolute Gasteiger partial charge is 0.410 e. The summed E-state index contributed by atoms with van der Waals surface area (Å²) in [5.74, 6) is -0.149. The Morgan fingerprint density at radius 3 is 2.26 bits per heavy atom. The van der Waals surface area contributed by atoms with Gasteiger partial charge in [-0.05, 0) is 39.3 Å². The highest BCUT2D eigenvalue weighted by Crippen LogP contribution is 2.20. The molecule has 126 valence electrons. The highest BCUT2D eigenvalue weighted by Gasteiger charge is 2.29. The molecule has 0 aliphatic carbocycles. The first-order valence-corrected chi connectivity index (χ1v) is 7.95. The Morgan fingerprint density at radius 1 is 1.17 bits per heavy atom. The lowest BCUT2D eigenvalue weighted by Crippen LogP contribution is -2.51. The number of carbonyl (C=O) groups excluding carboxylic acids is 2. The second kappa shape index (κ2) is 6.74.